The number of unbranched alkanes of at least 4 members (excludes halogenated alkanes) is 4. The molecule has 0 amide bonds. The van der Waals surface area contributed by atoms with Crippen LogP contribution in [-0.2, 0) is 15.0 Å². The number of carboxylic acids is 1. The number of rotatable bonds is 28. The van der Waals surface area contributed by atoms with Crippen LogP contribution in [0.5, 0.6) is 40.2 Å². The molecule has 11 heteroatoms. The summed E-state index contributed by atoms with van der Waals surface area (Å²) < 4.78 is 40.7. The summed E-state index contributed by atoms with van der Waals surface area (Å²) in [5.41, 5.74) is 6.36. The maximum absolute atomic E-state index is 11.3. The van der Waals surface area contributed by atoms with Crippen molar-refractivity contribution < 1.29 is 52.6 Å². The lowest BCUT2D eigenvalue weighted by atomic mass is 9.73. The van der Waals surface area contributed by atoms with Crippen LogP contribution < -0.4 is 33.2 Å². The van der Waals surface area contributed by atoms with Gasteiger partial charge in [-0.25, -0.2) is 4.79 Å². The van der Waals surface area contributed by atoms with Gasteiger partial charge in [-0.2, -0.15) is 0 Å². The number of esters is 2. The van der Waals surface area contributed by atoms with Gasteiger partial charge in [0.15, 0.2) is 0 Å². The first-order valence-electron chi connectivity index (χ1n) is 25.0. The number of carboxylic acid groups (broad SMARTS) is 1. The van der Waals surface area contributed by atoms with Crippen molar-refractivity contribution in [1.29, 1.82) is 0 Å². The molecule has 1 N–H and O–H groups in total. The standard InChI is InChI=1S/C62H64O11/c1-45(63)72-59-31-15-49(16-32-59)47-11-25-54(26-12-47)67-40-6-4-8-42-69-57-35-21-52(22-36-57)62(3,39-10-44-71-56-29-19-51(20-30-56)61(65)66)53-23-37-58(38-24-53)70-43-9-5-7-41-68-55-27-13-48(14-28-55)50-17-33-60(34-18-50)73-46(2)64/h11-38H,4-10,39-44H2,1-3H3,(H,65,66). The van der Waals surface area contributed by atoms with Crippen molar-refractivity contribution in [2.24, 2.45) is 0 Å². The number of carbonyl (C=O) groups is 3. The molecular weight excluding hydrogens is 921 g/mol. The normalized spacial score (nSPS) is 11.1. The van der Waals surface area contributed by atoms with Crippen molar-refractivity contribution in [3.8, 4) is 62.5 Å². The molecule has 0 bridgehead atoms. The van der Waals surface area contributed by atoms with Gasteiger partial charge in [0.05, 0.1) is 38.6 Å². The zero-order valence-electron chi connectivity index (χ0n) is 41.9. The molecule has 7 aromatic carbocycles. The van der Waals surface area contributed by atoms with Crippen LogP contribution >= 0.6 is 0 Å². The lowest BCUT2D eigenvalue weighted by molar-refractivity contribution is -0.132. The Morgan fingerprint density at radius 1 is 0.356 bits per heavy atom. The fraction of sp³-hybridized carbons (Fsp3) is 0.274. The molecule has 7 rings (SSSR count). The van der Waals surface area contributed by atoms with Crippen LogP contribution in [0.25, 0.3) is 22.3 Å². The lowest BCUT2D eigenvalue weighted by Gasteiger charge is -2.31. The highest BCUT2D eigenvalue weighted by molar-refractivity contribution is 5.87. The summed E-state index contributed by atoms with van der Waals surface area (Å²) in [6.45, 7) is 7.96. The molecule has 11 nitrogen and oxygen atoms in total. The second-order valence-electron chi connectivity index (χ2n) is 18.0. The second-order valence-corrected chi connectivity index (χ2v) is 18.0. The number of benzene rings is 7. The number of aromatic carboxylic acids is 1. The van der Waals surface area contributed by atoms with Crippen LogP contribution in [0, 0.1) is 0 Å². The molecule has 0 fully saturated rings. The fourth-order valence-corrected chi connectivity index (χ4v) is 8.37. The topological polar surface area (TPSA) is 136 Å². The van der Waals surface area contributed by atoms with Crippen LogP contribution in [0.4, 0.5) is 0 Å². The summed E-state index contributed by atoms with van der Waals surface area (Å²) in [6, 6.07) is 54.1. The van der Waals surface area contributed by atoms with E-state index in [2.05, 4.69) is 31.2 Å². The Bertz CT molecular complexity index is 2630. The number of hydrogen-bond acceptors (Lipinski definition) is 10. The Kier molecular flexibility index (Phi) is 19.5. The van der Waals surface area contributed by atoms with E-state index >= 15 is 0 Å². The summed E-state index contributed by atoms with van der Waals surface area (Å²) in [5, 5.41) is 9.28. The quantitative estimate of drug-likeness (QED) is 0.0285. The van der Waals surface area contributed by atoms with Gasteiger partial charge in [0.25, 0.3) is 0 Å². The number of carbonyl (C=O) groups excluding carboxylic acids is 2. The number of hydrogen-bond donors (Lipinski definition) is 1. The third kappa shape index (κ3) is 16.5. The minimum Gasteiger partial charge on any atom is -0.494 e. The zero-order chi connectivity index (χ0) is 51.3. The first-order chi connectivity index (χ1) is 35.5. The van der Waals surface area contributed by atoms with Crippen LogP contribution in [-0.4, -0.2) is 56.0 Å². The van der Waals surface area contributed by atoms with Gasteiger partial charge in [-0.1, -0.05) is 79.7 Å². The lowest BCUT2D eigenvalue weighted by Crippen LogP contribution is -2.24. The summed E-state index contributed by atoms with van der Waals surface area (Å²) in [5.74, 6) is 3.33. The van der Waals surface area contributed by atoms with Gasteiger partial charge in [-0.3, -0.25) is 9.59 Å². The Morgan fingerprint density at radius 3 is 0.904 bits per heavy atom. The Morgan fingerprint density at radius 2 is 0.616 bits per heavy atom. The summed E-state index contributed by atoms with van der Waals surface area (Å²) in [6.07, 6.45) is 7.15. The Balaban J connectivity index is 0.840. The molecule has 0 aliphatic carbocycles. The van der Waals surface area contributed by atoms with Crippen molar-refractivity contribution in [3.05, 3.63) is 187 Å². The molecule has 0 saturated heterocycles. The predicted molar refractivity (Wildman–Crippen MR) is 284 cm³/mol. The Labute approximate surface area is 428 Å². The van der Waals surface area contributed by atoms with Gasteiger partial charge < -0.3 is 38.3 Å². The van der Waals surface area contributed by atoms with E-state index in [1.807, 2.05) is 97.1 Å². The van der Waals surface area contributed by atoms with E-state index in [9.17, 15) is 19.5 Å². The van der Waals surface area contributed by atoms with E-state index < -0.39 is 5.97 Å². The van der Waals surface area contributed by atoms with Gasteiger partial charge in [0.2, 0.25) is 0 Å². The van der Waals surface area contributed by atoms with Crippen molar-refractivity contribution in [2.45, 2.75) is 77.6 Å². The van der Waals surface area contributed by atoms with Crippen LogP contribution in [0.15, 0.2) is 170 Å². The fourth-order valence-electron chi connectivity index (χ4n) is 8.37. The van der Waals surface area contributed by atoms with E-state index in [-0.39, 0.29) is 22.9 Å². The average molecular weight is 985 g/mol. The van der Waals surface area contributed by atoms with Crippen molar-refractivity contribution in [3.63, 3.8) is 0 Å². The molecular formula is C62H64O11. The third-order valence-corrected chi connectivity index (χ3v) is 12.4. The van der Waals surface area contributed by atoms with Gasteiger partial charge in [-0.15, -0.1) is 0 Å². The zero-order valence-corrected chi connectivity index (χ0v) is 41.9. The highest BCUT2D eigenvalue weighted by Crippen LogP contribution is 2.38. The van der Waals surface area contributed by atoms with Gasteiger partial charge in [0.1, 0.15) is 40.2 Å². The first-order valence-corrected chi connectivity index (χ1v) is 25.0. The summed E-state index contributed by atoms with van der Waals surface area (Å²) in [7, 11) is 0. The van der Waals surface area contributed by atoms with E-state index in [1.54, 1.807) is 48.5 Å². The minimum absolute atomic E-state index is 0.223. The molecule has 0 aliphatic heterocycles. The average Bonchev–Trinajstić information content (AvgIpc) is 3.40. The van der Waals surface area contributed by atoms with E-state index in [1.165, 1.54) is 13.8 Å². The molecule has 0 aromatic heterocycles. The molecule has 73 heavy (non-hydrogen) atoms. The molecule has 0 heterocycles. The van der Waals surface area contributed by atoms with Crippen molar-refractivity contribution in [2.75, 3.05) is 33.0 Å². The maximum Gasteiger partial charge on any atom is 0.335 e. The predicted octanol–water partition coefficient (Wildman–Crippen LogP) is 14.0. The minimum atomic E-state index is -0.967. The van der Waals surface area contributed by atoms with E-state index in [0.29, 0.717) is 50.3 Å². The molecule has 0 spiro atoms. The van der Waals surface area contributed by atoms with Crippen LogP contribution in [0.3, 0.4) is 0 Å². The van der Waals surface area contributed by atoms with E-state index in [4.69, 9.17) is 33.2 Å². The Hall–Kier alpha value is -8.05. The van der Waals surface area contributed by atoms with Crippen LogP contribution in [0.1, 0.15) is 93.6 Å². The van der Waals surface area contributed by atoms with Crippen molar-refractivity contribution in [1.82, 2.24) is 0 Å². The SMILES string of the molecule is CC(=O)Oc1ccc(-c2ccc(OCCCCCOc3ccc(C(C)(CCCOc4ccc(C(=O)O)cc4)c4ccc(OCCCCCOc5ccc(-c6ccc(OC(C)=O)cc6)cc5)cc4)cc3)cc2)cc1. The smallest absolute Gasteiger partial charge is 0.335 e. The molecule has 378 valence electrons. The molecule has 0 unspecified atom stereocenters. The molecule has 7 aromatic rings. The molecule has 0 saturated carbocycles. The van der Waals surface area contributed by atoms with E-state index in [0.717, 1.165) is 108 Å². The first kappa shape index (κ1) is 52.8. The van der Waals surface area contributed by atoms with Crippen LogP contribution in [0.2, 0.25) is 0 Å². The monoisotopic (exact) mass is 984 g/mol. The third-order valence-electron chi connectivity index (χ3n) is 12.4. The highest BCUT2D eigenvalue weighted by Gasteiger charge is 2.29. The molecule has 0 atom stereocenters. The summed E-state index contributed by atoms with van der Waals surface area (Å²) >= 11 is 0. The van der Waals surface area contributed by atoms with Gasteiger partial charge in [-0.05, 0) is 182 Å². The highest BCUT2D eigenvalue weighted by atomic mass is 16.5. The number of ether oxygens (including phenoxy) is 7. The summed E-state index contributed by atoms with van der Waals surface area (Å²) in [4.78, 5) is 33.7. The molecule has 0 aliphatic rings. The van der Waals surface area contributed by atoms with Gasteiger partial charge >= 0.3 is 17.9 Å². The maximum atomic E-state index is 11.3. The second kappa shape index (κ2) is 27.0. The molecule has 0 radical (unpaired) electrons. The largest absolute Gasteiger partial charge is 0.494 e. The van der Waals surface area contributed by atoms with Gasteiger partial charge in [0, 0.05) is 19.3 Å². The van der Waals surface area contributed by atoms with Crippen molar-refractivity contribution >= 4 is 17.9 Å².